The summed E-state index contributed by atoms with van der Waals surface area (Å²) < 4.78 is 11.5. The summed E-state index contributed by atoms with van der Waals surface area (Å²) in [6.45, 7) is 1.32. The van der Waals surface area contributed by atoms with Crippen molar-refractivity contribution < 1.29 is 13.9 Å². The number of carbonyl (C=O) groups excluding carboxylic acids is 1. The molecule has 2 aromatic heterocycles. The molecule has 3 aromatic rings. The van der Waals surface area contributed by atoms with Crippen LogP contribution in [0.5, 0.6) is 5.75 Å². The van der Waals surface area contributed by atoms with Crippen molar-refractivity contribution in [2.75, 3.05) is 19.7 Å². The second kappa shape index (κ2) is 9.09. The normalized spacial score (nSPS) is 16.6. The van der Waals surface area contributed by atoms with Crippen LogP contribution in [0.15, 0.2) is 59.4 Å². The van der Waals surface area contributed by atoms with Crippen LogP contribution in [0.2, 0.25) is 5.02 Å². The number of likely N-dealkylation sites (tertiary alicyclic amines) is 1. The Labute approximate surface area is 174 Å². The van der Waals surface area contributed by atoms with Gasteiger partial charge in [0.15, 0.2) is 12.5 Å². The Bertz CT molecular complexity index is 961. The molecule has 1 amide bonds. The average molecular weight is 412 g/mol. The predicted molar refractivity (Wildman–Crippen MR) is 109 cm³/mol. The summed E-state index contributed by atoms with van der Waals surface area (Å²) in [5.41, 5.74) is 1.08. The lowest BCUT2D eigenvalue weighted by Crippen LogP contribution is -2.41. The standard InChI is InChI=1S/C22H22ClN3O3/c23-18-6-1-4-16(10-18)11-20-13-25-22(29-20)17-5-3-9-26(14-17)21(27)15-28-19-7-2-8-24-12-19/h1-2,4,6-8,10,12-13,17H,3,5,9,11,14-15H2/t17-/m1/s1. The Hall–Kier alpha value is -2.86. The van der Waals surface area contributed by atoms with E-state index in [9.17, 15) is 4.79 Å². The lowest BCUT2D eigenvalue weighted by molar-refractivity contribution is -0.134. The number of hydrogen-bond acceptors (Lipinski definition) is 5. The maximum Gasteiger partial charge on any atom is 0.260 e. The number of rotatable bonds is 6. The largest absolute Gasteiger partial charge is 0.482 e. The quantitative estimate of drug-likeness (QED) is 0.610. The van der Waals surface area contributed by atoms with Crippen molar-refractivity contribution in [2.24, 2.45) is 0 Å². The Morgan fingerprint density at radius 1 is 1.28 bits per heavy atom. The highest BCUT2D eigenvalue weighted by Crippen LogP contribution is 2.27. The van der Waals surface area contributed by atoms with Crippen molar-refractivity contribution in [3.05, 3.63) is 77.2 Å². The van der Waals surface area contributed by atoms with Gasteiger partial charge in [-0.05, 0) is 42.7 Å². The molecule has 150 valence electrons. The highest BCUT2D eigenvalue weighted by atomic mass is 35.5. The fraction of sp³-hybridized carbons (Fsp3) is 0.318. The number of benzene rings is 1. The third-order valence-corrected chi connectivity index (χ3v) is 5.19. The Balaban J connectivity index is 1.34. The summed E-state index contributed by atoms with van der Waals surface area (Å²) in [6.07, 6.45) is 7.53. The molecular weight excluding hydrogens is 390 g/mol. The molecule has 0 N–H and O–H groups in total. The number of pyridine rings is 1. The van der Waals surface area contributed by atoms with Crippen LogP contribution in [0.3, 0.4) is 0 Å². The maximum absolute atomic E-state index is 12.5. The van der Waals surface area contributed by atoms with Crippen LogP contribution in [0.25, 0.3) is 0 Å². The van der Waals surface area contributed by atoms with Gasteiger partial charge in [0.1, 0.15) is 11.5 Å². The molecule has 0 radical (unpaired) electrons. The second-order valence-electron chi connectivity index (χ2n) is 7.13. The summed E-state index contributed by atoms with van der Waals surface area (Å²) in [4.78, 5) is 22.8. The lowest BCUT2D eigenvalue weighted by atomic mass is 9.98. The molecule has 29 heavy (non-hydrogen) atoms. The van der Waals surface area contributed by atoms with Crippen LogP contribution in [-0.4, -0.2) is 40.5 Å². The van der Waals surface area contributed by atoms with Crippen molar-refractivity contribution in [3.8, 4) is 5.75 Å². The number of carbonyl (C=O) groups is 1. The zero-order valence-corrected chi connectivity index (χ0v) is 16.7. The number of ether oxygens (including phenoxy) is 1. The third-order valence-electron chi connectivity index (χ3n) is 4.96. The van der Waals surface area contributed by atoms with Crippen molar-refractivity contribution in [3.63, 3.8) is 0 Å². The summed E-state index contributed by atoms with van der Waals surface area (Å²) in [5, 5.41) is 0.706. The van der Waals surface area contributed by atoms with E-state index in [0.717, 1.165) is 30.7 Å². The Morgan fingerprint density at radius 3 is 3.03 bits per heavy atom. The van der Waals surface area contributed by atoms with Gasteiger partial charge in [0.05, 0.1) is 18.3 Å². The minimum atomic E-state index is -0.0377. The van der Waals surface area contributed by atoms with E-state index in [1.54, 1.807) is 30.7 Å². The van der Waals surface area contributed by atoms with E-state index in [1.165, 1.54) is 0 Å². The van der Waals surface area contributed by atoms with Gasteiger partial charge in [0.25, 0.3) is 5.91 Å². The van der Waals surface area contributed by atoms with Crippen LogP contribution >= 0.6 is 11.6 Å². The number of amides is 1. The van der Waals surface area contributed by atoms with Crippen LogP contribution < -0.4 is 4.74 Å². The Morgan fingerprint density at radius 2 is 2.21 bits per heavy atom. The van der Waals surface area contributed by atoms with E-state index >= 15 is 0 Å². The number of aromatic nitrogens is 2. The highest BCUT2D eigenvalue weighted by molar-refractivity contribution is 6.30. The van der Waals surface area contributed by atoms with Gasteiger partial charge in [-0.2, -0.15) is 0 Å². The molecule has 1 aromatic carbocycles. The zero-order valence-electron chi connectivity index (χ0n) is 16.0. The van der Waals surface area contributed by atoms with Gasteiger partial charge in [0, 0.05) is 30.7 Å². The third kappa shape index (κ3) is 5.15. The molecule has 0 unspecified atom stereocenters. The van der Waals surface area contributed by atoms with Crippen molar-refractivity contribution >= 4 is 17.5 Å². The van der Waals surface area contributed by atoms with Crippen LogP contribution in [-0.2, 0) is 11.2 Å². The summed E-state index contributed by atoms with van der Waals surface area (Å²) >= 11 is 6.05. The van der Waals surface area contributed by atoms with E-state index in [0.29, 0.717) is 29.6 Å². The average Bonchev–Trinajstić information content (AvgIpc) is 3.21. The van der Waals surface area contributed by atoms with Gasteiger partial charge in [-0.25, -0.2) is 4.98 Å². The second-order valence-corrected chi connectivity index (χ2v) is 7.56. The molecule has 0 bridgehead atoms. The van der Waals surface area contributed by atoms with Crippen molar-refractivity contribution in [2.45, 2.75) is 25.2 Å². The van der Waals surface area contributed by atoms with Gasteiger partial charge in [-0.15, -0.1) is 0 Å². The first kappa shape index (κ1) is 19.5. The van der Waals surface area contributed by atoms with Crippen molar-refractivity contribution in [1.82, 2.24) is 14.9 Å². The molecule has 3 heterocycles. The summed E-state index contributed by atoms with van der Waals surface area (Å²) in [7, 11) is 0. The minimum absolute atomic E-state index is 0.00398. The molecule has 1 aliphatic rings. The molecule has 1 aliphatic heterocycles. The van der Waals surface area contributed by atoms with Gasteiger partial charge < -0.3 is 14.1 Å². The smallest absolute Gasteiger partial charge is 0.260 e. The van der Waals surface area contributed by atoms with Gasteiger partial charge in [-0.1, -0.05) is 23.7 Å². The first-order valence-electron chi connectivity index (χ1n) is 9.67. The van der Waals surface area contributed by atoms with Crippen LogP contribution in [0.1, 0.15) is 36.0 Å². The monoisotopic (exact) mass is 411 g/mol. The fourth-order valence-corrected chi connectivity index (χ4v) is 3.73. The summed E-state index contributed by atoms with van der Waals surface area (Å²) in [6, 6.07) is 11.3. The van der Waals surface area contributed by atoms with E-state index in [4.69, 9.17) is 20.8 Å². The molecular formula is C22H22ClN3O3. The lowest BCUT2D eigenvalue weighted by Gasteiger charge is -2.31. The first-order valence-corrected chi connectivity index (χ1v) is 10.0. The van der Waals surface area contributed by atoms with E-state index in [2.05, 4.69) is 9.97 Å². The van der Waals surface area contributed by atoms with E-state index in [1.807, 2.05) is 29.2 Å². The summed E-state index contributed by atoms with van der Waals surface area (Å²) in [5.74, 6) is 2.13. The van der Waals surface area contributed by atoms with E-state index < -0.39 is 0 Å². The highest BCUT2D eigenvalue weighted by Gasteiger charge is 2.28. The molecule has 6 nitrogen and oxygen atoms in total. The van der Waals surface area contributed by atoms with E-state index in [-0.39, 0.29) is 18.4 Å². The van der Waals surface area contributed by atoms with Gasteiger partial charge in [-0.3, -0.25) is 9.78 Å². The number of halogens is 1. The van der Waals surface area contributed by atoms with Crippen LogP contribution in [0, 0.1) is 0 Å². The number of hydrogen-bond donors (Lipinski definition) is 0. The fourth-order valence-electron chi connectivity index (χ4n) is 3.52. The number of oxazole rings is 1. The molecule has 4 rings (SSSR count). The maximum atomic E-state index is 12.5. The molecule has 0 saturated carbocycles. The molecule has 1 atom stereocenters. The predicted octanol–water partition coefficient (Wildman–Crippen LogP) is 4.10. The minimum Gasteiger partial charge on any atom is -0.482 e. The van der Waals surface area contributed by atoms with Gasteiger partial charge >= 0.3 is 0 Å². The molecule has 7 heteroatoms. The topological polar surface area (TPSA) is 68.5 Å². The Kier molecular flexibility index (Phi) is 6.10. The first-order chi connectivity index (χ1) is 14.2. The van der Waals surface area contributed by atoms with Crippen molar-refractivity contribution in [1.29, 1.82) is 0 Å². The molecule has 0 aliphatic carbocycles. The molecule has 1 fully saturated rings. The van der Waals surface area contributed by atoms with Gasteiger partial charge in [0.2, 0.25) is 0 Å². The number of piperidine rings is 1. The SMILES string of the molecule is O=C(COc1cccnc1)N1CCC[C@@H](c2ncc(Cc3cccc(Cl)c3)o2)C1. The van der Waals surface area contributed by atoms with Crippen LogP contribution in [0.4, 0.5) is 0 Å². The number of nitrogens with zero attached hydrogens (tertiary/aromatic N) is 3. The molecule has 0 spiro atoms. The zero-order chi connectivity index (χ0) is 20.1. The molecule has 1 saturated heterocycles.